The van der Waals surface area contributed by atoms with Crippen LogP contribution in [-0.2, 0) is 25.9 Å². The predicted molar refractivity (Wildman–Crippen MR) is 74.4 cm³/mol. The lowest BCUT2D eigenvalue weighted by Crippen LogP contribution is -2.10. The van der Waals surface area contributed by atoms with Gasteiger partial charge in [0.05, 0.1) is 12.2 Å². The number of hydrogen-bond donors (Lipinski definition) is 1. The molecule has 0 unspecified atom stereocenters. The third-order valence-electron chi connectivity index (χ3n) is 3.35. The minimum atomic E-state index is -0.229. The van der Waals surface area contributed by atoms with Crippen molar-refractivity contribution in [1.29, 1.82) is 0 Å². The van der Waals surface area contributed by atoms with Gasteiger partial charge in [0.25, 0.3) is 0 Å². The van der Waals surface area contributed by atoms with Crippen LogP contribution in [0.4, 0.5) is 4.39 Å². The van der Waals surface area contributed by atoms with Gasteiger partial charge in [0, 0.05) is 12.2 Å². The number of nitrogens with two attached hydrogens (primary N) is 1. The molecule has 0 saturated carbocycles. The number of hydrogen-bond acceptors (Lipinski definition) is 2. The van der Waals surface area contributed by atoms with E-state index in [1.807, 2.05) is 4.68 Å². The van der Waals surface area contributed by atoms with Crippen LogP contribution in [-0.4, -0.2) is 9.78 Å². The molecule has 0 aliphatic heterocycles. The second-order valence-corrected chi connectivity index (χ2v) is 4.61. The first kappa shape index (κ1) is 13.7. The van der Waals surface area contributed by atoms with Gasteiger partial charge in [0.15, 0.2) is 0 Å². The maximum Gasteiger partial charge on any atom is 0.123 e. The van der Waals surface area contributed by atoms with Gasteiger partial charge in [-0.3, -0.25) is 4.68 Å². The maximum atomic E-state index is 13.4. The van der Waals surface area contributed by atoms with E-state index in [2.05, 4.69) is 25.0 Å². The Bertz CT molecular complexity index is 561. The van der Waals surface area contributed by atoms with Gasteiger partial charge in [-0.05, 0) is 42.2 Å². The molecule has 2 rings (SSSR count). The Kier molecular flexibility index (Phi) is 4.32. The lowest BCUT2D eigenvalue weighted by Gasteiger charge is -2.10. The standard InChI is InChI=1S/C15H20FN3/c1-3-14-8-15(4-2)19(18-14)10-12-7-13(16)6-5-11(12)9-17/h5-8H,3-4,9-10,17H2,1-2H3. The number of nitrogens with zero attached hydrogens (tertiary/aromatic N) is 2. The SMILES string of the molecule is CCc1cc(CC)n(Cc2cc(F)ccc2CN)n1. The molecule has 3 nitrogen and oxygen atoms in total. The molecule has 102 valence electrons. The molecule has 0 fully saturated rings. The Balaban J connectivity index is 2.34. The average Bonchev–Trinajstić information content (AvgIpc) is 2.81. The van der Waals surface area contributed by atoms with Crippen molar-refractivity contribution in [2.24, 2.45) is 5.73 Å². The van der Waals surface area contributed by atoms with Crippen LogP contribution in [0.2, 0.25) is 0 Å². The molecule has 1 aromatic carbocycles. The summed E-state index contributed by atoms with van der Waals surface area (Å²) in [6, 6.07) is 6.86. The topological polar surface area (TPSA) is 43.8 Å². The highest BCUT2D eigenvalue weighted by molar-refractivity contribution is 5.28. The van der Waals surface area contributed by atoms with E-state index in [-0.39, 0.29) is 5.82 Å². The molecule has 0 atom stereocenters. The number of benzene rings is 1. The minimum Gasteiger partial charge on any atom is -0.326 e. The molecular formula is C15H20FN3. The van der Waals surface area contributed by atoms with E-state index in [0.29, 0.717) is 13.1 Å². The van der Waals surface area contributed by atoms with Crippen LogP contribution < -0.4 is 5.73 Å². The van der Waals surface area contributed by atoms with Crippen molar-refractivity contribution in [2.45, 2.75) is 39.8 Å². The second-order valence-electron chi connectivity index (χ2n) is 4.61. The number of aromatic nitrogens is 2. The molecule has 1 heterocycles. The van der Waals surface area contributed by atoms with E-state index in [4.69, 9.17) is 5.73 Å². The van der Waals surface area contributed by atoms with E-state index in [1.165, 1.54) is 11.8 Å². The summed E-state index contributed by atoms with van der Waals surface area (Å²) in [6.45, 7) is 5.18. The Morgan fingerprint density at radius 2 is 1.95 bits per heavy atom. The normalized spacial score (nSPS) is 10.9. The van der Waals surface area contributed by atoms with E-state index in [0.717, 1.165) is 29.7 Å². The van der Waals surface area contributed by atoms with Gasteiger partial charge in [-0.1, -0.05) is 19.9 Å². The molecule has 4 heteroatoms. The van der Waals surface area contributed by atoms with Crippen LogP contribution in [0.25, 0.3) is 0 Å². The first-order chi connectivity index (χ1) is 9.17. The molecule has 1 aromatic heterocycles. The van der Waals surface area contributed by atoms with Crippen LogP contribution in [0.15, 0.2) is 24.3 Å². The van der Waals surface area contributed by atoms with Crippen LogP contribution in [0.3, 0.4) is 0 Å². The van der Waals surface area contributed by atoms with Gasteiger partial charge >= 0.3 is 0 Å². The molecular weight excluding hydrogens is 241 g/mol. The Morgan fingerprint density at radius 1 is 1.16 bits per heavy atom. The van der Waals surface area contributed by atoms with Gasteiger partial charge in [-0.25, -0.2) is 4.39 Å². The highest BCUT2D eigenvalue weighted by Crippen LogP contribution is 2.15. The summed E-state index contributed by atoms with van der Waals surface area (Å²) < 4.78 is 15.3. The highest BCUT2D eigenvalue weighted by atomic mass is 19.1. The molecule has 0 spiro atoms. The van der Waals surface area contributed by atoms with Crippen molar-refractivity contribution in [1.82, 2.24) is 9.78 Å². The summed E-state index contributed by atoms with van der Waals surface area (Å²) in [6.07, 6.45) is 1.83. The van der Waals surface area contributed by atoms with Crippen molar-refractivity contribution in [3.63, 3.8) is 0 Å². The van der Waals surface area contributed by atoms with E-state index in [9.17, 15) is 4.39 Å². The van der Waals surface area contributed by atoms with E-state index < -0.39 is 0 Å². The third-order valence-corrected chi connectivity index (χ3v) is 3.35. The average molecular weight is 261 g/mol. The van der Waals surface area contributed by atoms with Crippen molar-refractivity contribution < 1.29 is 4.39 Å². The Morgan fingerprint density at radius 3 is 2.58 bits per heavy atom. The van der Waals surface area contributed by atoms with Crippen molar-refractivity contribution >= 4 is 0 Å². The van der Waals surface area contributed by atoms with Gasteiger partial charge in [0.2, 0.25) is 0 Å². The van der Waals surface area contributed by atoms with Crippen LogP contribution in [0.1, 0.15) is 36.4 Å². The van der Waals surface area contributed by atoms with Crippen molar-refractivity contribution in [2.75, 3.05) is 0 Å². The van der Waals surface area contributed by atoms with Gasteiger partial charge in [-0.15, -0.1) is 0 Å². The lowest BCUT2D eigenvalue weighted by molar-refractivity contribution is 0.608. The first-order valence-corrected chi connectivity index (χ1v) is 6.70. The van der Waals surface area contributed by atoms with Crippen LogP contribution >= 0.6 is 0 Å². The molecule has 0 aliphatic carbocycles. The molecule has 0 radical (unpaired) electrons. The minimum absolute atomic E-state index is 0.229. The fourth-order valence-corrected chi connectivity index (χ4v) is 2.21. The molecule has 2 N–H and O–H groups in total. The smallest absolute Gasteiger partial charge is 0.123 e. The largest absolute Gasteiger partial charge is 0.326 e. The number of halogens is 1. The van der Waals surface area contributed by atoms with Gasteiger partial charge in [-0.2, -0.15) is 5.10 Å². The van der Waals surface area contributed by atoms with Crippen molar-refractivity contribution in [3.8, 4) is 0 Å². The highest BCUT2D eigenvalue weighted by Gasteiger charge is 2.09. The van der Waals surface area contributed by atoms with Crippen molar-refractivity contribution in [3.05, 3.63) is 52.6 Å². The molecule has 19 heavy (non-hydrogen) atoms. The zero-order valence-electron chi connectivity index (χ0n) is 11.5. The van der Waals surface area contributed by atoms with E-state index in [1.54, 1.807) is 12.1 Å². The number of rotatable bonds is 5. The summed E-state index contributed by atoms with van der Waals surface area (Å²) >= 11 is 0. The fraction of sp³-hybridized carbons (Fsp3) is 0.400. The fourth-order valence-electron chi connectivity index (χ4n) is 2.21. The molecule has 0 bridgehead atoms. The summed E-state index contributed by atoms with van der Waals surface area (Å²) in [7, 11) is 0. The van der Waals surface area contributed by atoms with Crippen LogP contribution in [0, 0.1) is 5.82 Å². The Hall–Kier alpha value is -1.68. The maximum absolute atomic E-state index is 13.4. The summed E-state index contributed by atoms with van der Waals surface area (Å²) in [4.78, 5) is 0. The quantitative estimate of drug-likeness (QED) is 0.899. The molecule has 2 aromatic rings. The zero-order chi connectivity index (χ0) is 13.8. The summed E-state index contributed by atoms with van der Waals surface area (Å²) in [5.41, 5.74) is 9.82. The van der Waals surface area contributed by atoms with Gasteiger partial charge < -0.3 is 5.73 Å². The molecule has 0 amide bonds. The zero-order valence-corrected chi connectivity index (χ0v) is 11.5. The summed E-state index contributed by atoms with van der Waals surface area (Å²) in [5, 5.41) is 4.55. The molecule has 0 aliphatic rings. The van der Waals surface area contributed by atoms with E-state index >= 15 is 0 Å². The monoisotopic (exact) mass is 261 g/mol. The lowest BCUT2D eigenvalue weighted by atomic mass is 10.1. The van der Waals surface area contributed by atoms with Gasteiger partial charge in [0.1, 0.15) is 5.82 Å². The molecule has 0 saturated heterocycles. The third kappa shape index (κ3) is 3.01. The Labute approximate surface area is 113 Å². The number of aryl methyl sites for hydroxylation is 2. The predicted octanol–water partition coefficient (Wildman–Crippen LogP) is 2.65. The first-order valence-electron chi connectivity index (χ1n) is 6.70. The summed E-state index contributed by atoms with van der Waals surface area (Å²) in [5.74, 6) is -0.229. The second kappa shape index (κ2) is 5.97. The van der Waals surface area contributed by atoms with Crippen LogP contribution in [0.5, 0.6) is 0 Å².